The molecule has 0 fully saturated rings. The first-order valence-corrected chi connectivity index (χ1v) is 8.53. The maximum atomic E-state index is 13.1. The standard InChI is InChI=1S/C18H18Cl2FN3O2/c1-11(18(26)23-16-7-6-12(19)8-15(16)20)24(2)10-17(25)22-14-5-3-4-13(21)9-14/h3-9,11H,10H2,1-2H3,(H,22,25)(H,23,26)/t11-/m0/s1. The average molecular weight is 398 g/mol. The summed E-state index contributed by atoms with van der Waals surface area (Å²) in [5, 5.41) is 6.07. The quantitative estimate of drug-likeness (QED) is 0.773. The Labute approximate surface area is 161 Å². The van der Waals surface area contributed by atoms with Crippen LogP contribution in [0.4, 0.5) is 15.8 Å². The van der Waals surface area contributed by atoms with Crippen molar-refractivity contribution < 1.29 is 14.0 Å². The minimum absolute atomic E-state index is 0.0422. The predicted molar refractivity (Wildman–Crippen MR) is 102 cm³/mol. The molecule has 0 aliphatic carbocycles. The highest BCUT2D eigenvalue weighted by molar-refractivity contribution is 6.36. The topological polar surface area (TPSA) is 61.4 Å². The highest BCUT2D eigenvalue weighted by Crippen LogP contribution is 2.25. The molecule has 2 aromatic carbocycles. The molecule has 0 aliphatic rings. The van der Waals surface area contributed by atoms with Crippen molar-refractivity contribution in [2.75, 3.05) is 24.2 Å². The summed E-state index contributed by atoms with van der Waals surface area (Å²) in [6.07, 6.45) is 0. The predicted octanol–water partition coefficient (Wildman–Crippen LogP) is 4.03. The highest BCUT2D eigenvalue weighted by Gasteiger charge is 2.21. The van der Waals surface area contributed by atoms with Crippen LogP contribution in [0.5, 0.6) is 0 Å². The molecular weight excluding hydrogens is 380 g/mol. The van der Waals surface area contributed by atoms with Crippen molar-refractivity contribution in [1.82, 2.24) is 4.90 Å². The number of carbonyl (C=O) groups is 2. The Balaban J connectivity index is 1.92. The van der Waals surface area contributed by atoms with Gasteiger partial charge in [0.1, 0.15) is 5.82 Å². The summed E-state index contributed by atoms with van der Waals surface area (Å²) < 4.78 is 13.1. The molecule has 0 saturated carbocycles. The van der Waals surface area contributed by atoms with Crippen molar-refractivity contribution in [3.63, 3.8) is 0 Å². The molecule has 0 aromatic heterocycles. The van der Waals surface area contributed by atoms with Crippen LogP contribution in [0.25, 0.3) is 0 Å². The van der Waals surface area contributed by atoms with Gasteiger partial charge in [0.25, 0.3) is 0 Å². The summed E-state index contributed by atoms with van der Waals surface area (Å²) >= 11 is 11.9. The zero-order valence-electron chi connectivity index (χ0n) is 14.2. The first-order valence-electron chi connectivity index (χ1n) is 7.78. The highest BCUT2D eigenvalue weighted by atomic mass is 35.5. The van der Waals surface area contributed by atoms with E-state index in [2.05, 4.69) is 10.6 Å². The Morgan fingerprint density at radius 1 is 1.15 bits per heavy atom. The van der Waals surface area contributed by atoms with Gasteiger partial charge in [-0.3, -0.25) is 14.5 Å². The van der Waals surface area contributed by atoms with Crippen molar-refractivity contribution in [3.05, 3.63) is 58.3 Å². The summed E-state index contributed by atoms with van der Waals surface area (Å²) in [6, 6.07) is 9.74. The lowest BCUT2D eigenvalue weighted by atomic mass is 10.2. The second-order valence-corrected chi connectivity index (χ2v) is 6.61. The Hall–Kier alpha value is -2.15. The number of amides is 2. The number of benzene rings is 2. The smallest absolute Gasteiger partial charge is 0.241 e. The van der Waals surface area contributed by atoms with Crippen LogP contribution >= 0.6 is 23.2 Å². The summed E-state index contributed by atoms with van der Waals surface area (Å²) in [7, 11) is 1.64. The lowest BCUT2D eigenvalue weighted by Crippen LogP contribution is -2.43. The molecule has 2 amide bonds. The zero-order chi connectivity index (χ0) is 19.3. The Bertz CT molecular complexity index is 817. The van der Waals surface area contributed by atoms with E-state index in [0.29, 0.717) is 21.4 Å². The third-order valence-corrected chi connectivity index (χ3v) is 4.28. The number of anilines is 2. The van der Waals surface area contributed by atoms with Gasteiger partial charge in [0.2, 0.25) is 11.8 Å². The van der Waals surface area contributed by atoms with E-state index in [4.69, 9.17) is 23.2 Å². The number of nitrogens with one attached hydrogen (secondary N) is 2. The normalized spacial score (nSPS) is 11.9. The molecule has 0 aliphatic heterocycles. The van der Waals surface area contributed by atoms with Crippen LogP contribution in [0.15, 0.2) is 42.5 Å². The molecule has 0 bridgehead atoms. The molecule has 26 heavy (non-hydrogen) atoms. The summed E-state index contributed by atoms with van der Waals surface area (Å²) in [5.41, 5.74) is 0.791. The minimum atomic E-state index is -0.597. The first-order chi connectivity index (χ1) is 12.3. The van der Waals surface area contributed by atoms with E-state index < -0.39 is 11.9 Å². The van der Waals surface area contributed by atoms with Crippen LogP contribution < -0.4 is 10.6 Å². The molecule has 0 unspecified atom stereocenters. The monoisotopic (exact) mass is 397 g/mol. The Kier molecular flexibility index (Phi) is 6.97. The van der Waals surface area contributed by atoms with Gasteiger partial charge in [-0.05, 0) is 50.4 Å². The van der Waals surface area contributed by atoms with Crippen LogP contribution in [0.1, 0.15) is 6.92 Å². The van der Waals surface area contributed by atoms with Crippen molar-refractivity contribution in [3.8, 4) is 0 Å². The van der Waals surface area contributed by atoms with E-state index in [-0.39, 0.29) is 18.4 Å². The number of hydrogen-bond acceptors (Lipinski definition) is 3. The number of carbonyl (C=O) groups excluding carboxylic acids is 2. The number of rotatable bonds is 6. The summed E-state index contributed by atoms with van der Waals surface area (Å²) in [4.78, 5) is 26.0. The van der Waals surface area contributed by atoms with Gasteiger partial charge >= 0.3 is 0 Å². The molecule has 5 nitrogen and oxygen atoms in total. The fourth-order valence-electron chi connectivity index (χ4n) is 2.16. The Morgan fingerprint density at radius 2 is 1.88 bits per heavy atom. The van der Waals surface area contributed by atoms with Gasteiger partial charge in [0, 0.05) is 10.7 Å². The molecule has 0 spiro atoms. The molecule has 0 radical (unpaired) electrons. The van der Waals surface area contributed by atoms with Crippen molar-refractivity contribution >= 4 is 46.4 Å². The van der Waals surface area contributed by atoms with Gasteiger partial charge in [-0.1, -0.05) is 29.3 Å². The molecule has 1 atom stereocenters. The van der Waals surface area contributed by atoms with Crippen LogP contribution in [-0.2, 0) is 9.59 Å². The fourth-order valence-corrected chi connectivity index (χ4v) is 2.61. The Morgan fingerprint density at radius 3 is 2.54 bits per heavy atom. The lowest BCUT2D eigenvalue weighted by molar-refractivity contribution is -0.122. The number of likely N-dealkylation sites (N-methyl/N-ethyl adjacent to an activating group) is 1. The van der Waals surface area contributed by atoms with Crippen molar-refractivity contribution in [2.45, 2.75) is 13.0 Å². The number of nitrogens with zero attached hydrogens (tertiary/aromatic N) is 1. The van der Waals surface area contributed by atoms with Crippen molar-refractivity contribution in [2.24, 2.45) is 0 Å². The van der Waals surface area contributed by atoms with Gasteiger partial charge in [0.15, 0.2) is 0 Å². The molecular formula is C18H18Cl2FN3O2. The lowest BCUT2D eigenvalue weighted by Gasteiger charge is -2.23. The largest absolute Gasteiger partial charge is 0.325 e. The SMILES string of the molecule is C[C@@H](C(=O)Nc1ccc(Cl)cc1Cl)N(C)CC(=O)Nc1cccc(F)c1. The van der Waals surface area contributed by atoms with Gasteiger partial charge in [-0.2, -0.15) is 0 Å². The molecule has 2 aromatic rings. The summed E-state index contributed by atoms with van der Waals surface area (Å²) in [6.45, 7) is 1.62. The third-order valence-electron chi connectivity index (χ3n) is 3.73. The maximum Gasteiger partial charge on any atom is 0.241 e. The van der Waals surface area contributed by atoms with Gasteiger partial charge in [0.05, 0.1) is 23.3 Å². The van der Waals surface area contributed by atoms with Gasteiger partial charge < -0.3 is 10.6 Å². The maximum absolute atomic E-state index is 13.1. The van der Waals surface area contributed by atoms with Crippen LogP contribution in [0.2, 0.25) is 10.0 Å². The third kappa shape index (κ3) is 5.69. The van der Waals surface area contributed by atoms with E-state index in [1.165, 1.54) is 24.3 Å². The number of hydrogen-bond donors (Lipinski definition) is 2. The van der Waals surface area contributed by atoms with Crippen molar-refractivity contribution in [1.29, 1.82) is 0 Å². The molecule has 0 heterocycles. The number of halogens is 3. The van der Waals surface area contributed by atoms with E-state index in [1.54, 1.807) is 37.1 Å². The van der Waals surface area contributed by atoms with Gasteiger partial charge in [-0.15, -0.1) is 0 Å². The van der Waals surface area contributed by atoms with E-state index in [0.717, 1.165) is 0 Å². The first kappa shape index (κ1) is 20.2. The molecule has 138 valence electrons. The molecule has 2 N–H and O–H groups in total. The molecule has 8 heteroatoms. The second-order valence-electron chi connectivity index (χ2n) is 5.76. The molecule has 0 saturated heterocycles. The fraction of sp³-hybridized carbons (Fsp3) is 0.222. The van der Waals surface area contributed by atoms with E-state index in [1.807, 2.05) is 0 Å². The molecule has 2 rings (SSSR count). The van der Waals surface area contributed by atoms with Crippen LogP contribution in [-0.4, -0.2) is 36.3 Å². The second kappa shape index (κ2) is 8.98. The van der Waals surface area contributed by atoms with Crippen LogP contribution in [0.3, 0.4) is 0 Å². The zero-order valence-corrected chi connectivity index (χ0v) is 15.7. The van der Waals surface area contributed by atoms with Gasteiger partial charge in [-0.25, -0.2) is 4.39 Å². The average Bonchev–Trinajstić information content (AvgIpc) is 2.56. The van der Waals surface area contributed by atoms with E-state index in [9.17, 15) is 14.0 Å². The van der Waals surface area contributed by atoms with Crippen LogP contribution in [0, 0.1) is 5.82 Å². The minimum Gasteiger partial charge on any atom is -0.325 e. The van der Waals surface area contributed by atoms with E-state index >= 15 is 0 Å². The summed E-state index contributed by atoms with van der Waals surface area (Å²) in [5.74, 6) is -1.12.